The van der Waals surface area contributed by atoms with Crippen molar-refractivity contribution in [2.75, 3.05) is 27.9 Å². The number of carbonyl (C=O) groups is 5. The number of ketones is 3. The van der Waals surface area contributed by atoms with Crippen molar-refractivity contribution >= 4 is 47.2 Å². The average molecular weight is 1110 g/mol. The van der Waals surface area contributed by atoms with Crippen molar-refractivity contribution in [1.29, 1.82) is 0 Å². The number of benzene rings is 2. The lowest BCUT2D eigenvalue weighted by Gasteiger charge is -2.42. The molecule has 79 heavy (non-hydrogen) atoms. The normalized spacial score (nSPS) is 34.4. The Balaban J connectivity index is 1.29. The van der Waals surface area contributed by atoms with Crippen LogP contribution in [0.2, 0.25) is 0 Å². The van der Waals surface area contributed by atoms with E-state index < -0.39 is 103 Å². The van der Waals surface area contributed by atoms with Gasteiger partial charge in [-0.3, -0.25) is 23.7 Å². The van der Waals surface area contributed by atoms with Gasteiger partial charge in [-0.25, -0.2) is 4.79 Å². The lowest BCUT2D eigenvalue weighted by atomic mass is 9.78. The summed E-state index contributed by atoms with van der Waals surface area (Å²) in [6.07, 6.45) is 10.6. The lowest BCUT2D eigenvalue weighted by molar-refractivity contribution is -0.265. The summed E-state index contributed by atoms with van der Waals surface area (Å²) in [5.41, 5.74) is 1.24. The van der Waals surface area contributed by atoms with Crippen molar-refractivity contribution in [2.24, 2.45) is 35.5 Å². The highest BCUT2D eigenvalue weighted by Gasteiger charge is 2.53. The average Bonchev–Trinajstić information content (AvgIpc) is 3.46. The number of rotatable bonds is 10. The molecule has 15 atom stereocenters. The fourth-order valence-electron chi connectivity index (χ4n) is 11.9. The summed E-state index contributed by atoms with van der Waals surface area (Å²) in [7, 11) is 1.02. The van der Waals surface area contributed by atoms with Crippen LogP contribution in [0.25, 0.3) is 0 Å². The van der Waals surface area contributed by atoms with E-state index in [9.17, 15) is 38.8 Å². The van der Waals surface area contributed by atoms with E-state index in [2.05, 4.69) is 0 Å². The van der Waals surface area contributed by atoms with Crippen molar-refractivity contribution in [3.05, 3.63) is 108 Å². The second-order valence-corrected chi connectivity index (χ2v) is 25.2. The highest BCUT2D eigenvalue weighted by molar-refractivity contribution is 7.74. The number of amides is 1. The van der Waals surface area contributed by atoms with Gasteiger partial charge in [-0.2, -0.15) is 0 Å². The SMILES string of the molecule is CO[C@H]1CC2CC[C@@H](C)[C@@](O)(O2)C(=O)C(=O)N2CCCCC2C(=O)O[C@H]([C@H](C)C[C@@H]2CC[C@@H](OP(=O)(c3ccccc3)c3ccccc3)[C@H](OC)C2)CC(=O)[C@H](C)/C=C(\C)[C@@H](O)[C@@H](OC)C(=O)[C@H](C)C[C@H](C)/C=C/C=CC=C1C. The second-order valence-electron chi connectivity index (χ2n) is 22.9. The molecule has 1 amide bonds. The van der Waals surface area contributed by atoms with Crippen molar-refractivity contribution in [3.8, 4) is 0 Å². The first-order valence-corrected chi connectivity index (χ1v) is 30.2. The minimum atomic E-state index is -3.55. The van der Waals surface area contributed by atoms with Crippen LogP contribution >= 0.6 is 7.37 Å². The predicted octanol–water partition coefficient (Wildman–Crippen LogP) is 9.13. The Hall–Kier alpha value is -4.70. The zero-order chi connectivity index (χ0) is 57.6. The van der Waals surface area contributed by atoms with Crippen LogP contribution in [0, 0.1) is 35.5 Å². The van der Waals surface area contributed by atoms with Gasteiger partial charge in [0.2, 0.25) is 5.79 Å². The van der Waals surface area contributed by atoms with Gasteiger partial charge in [0.05, 0.1) is 24.4 Å². The molecule has 3 heterocycles. The molecule has 0 aromatic heterocycles. The molecule has 0 spiro atoms. The molecule has 16 heteroatoms. The Labute approximate surface area is 469 Å². The molecule has 0 radical (unpaired) electrons. The van der Waals surface area contributed by atoms with Gasteiger partial charge < -0.3 is 43.3 Å². The highest BCUT2D eigenvalue weighted by atomic mass is 31.2. The fraction of sp³-hybridized carbons (Fsp3) is 0.603. The zero-order valence-corrected chi connectivity index (χ0v) is 49.1. The maximum absolute atomic E-state index is 15.0. The van der Waals surface area contributed by atoms with Gasteiger partial charge in [-0.1, -0.05) is 107 Å². The van der Waals surface area contributed by atoms with Gasteiger partial charge >= 0.3 is 5.97 Å². The molecule has 15 nitrogen and oxygen atoms in total. The van der Waals surface area contributed by atoms with Crippen LogP contribution < -0.4 is 10.6 Å². The number of hydrogen-bond donors (Lipinski definition) is 2. The van der Waals surface area contributed by atoms with Crippen molar-refractivity contribution in [2.45, 2.75) is 180 Å². The Morgan fingerprint density at radius 1 is 0.772 bits per heavy atom. The van der Waals surface area contributed by atoms with Gasteiger partial charge in [0.1, 0.15) is 30.1 Å². The number of piperidine rings is 1. The van der Waals surface area contributed by atoms with Crippen LogP contribution in [-0.2, 0) is 56.7 Å². The van der Waals surface area contributed by atoms with Crippen LogP contribution in [0.5, 0.6) is 0 Å². The van der Waals surface area contributed by atoms with Crippen molar-refractivity contribution < 1.29 is 67.0 Å². The first-order valence-electron chi connectivity index (χ1n) is 28.5. The molecule has 1 saturated carbocycles. The smallest absolute Gasteiger partial charge is 0.329 e. The van der Waals surface area contributed by atoms with Gasteiger partial charge in [-0.05, 0) is 131 Å². The van der Waals surface area contributed by atoms with Crippen LogP contribution in [0.4, 0.5) is 0 Å². The summed E-state index contributed by atoms with van der Waals surface area (Å²) in [6.45, 7) is 12.7. The van der Waals surface area contributed by atoms with E-state index in [0.29, 0.717) is 80.4 Å². The number of Topliss-reactive ketones (excluding diaryl/α,β-unsaturated/α-hetero) is 3. The number of allylic oxidation sites excluding steroid dienone is 6. The summed E-state index contributed by atoms with van der Waals surface area (Å²) >= 11 is 0. The monoisotopic (exact) mass is 1110 g/mol. The predicted molar refractivity (Wildman–Crippen MR) is 304 cm³/mol. The number of ether oxygens (including phenoxy) is 5. The molecule has 3 fully saturated rings. The third-order valence-electron chi connectivity index (χ3n) is 16.9. The molecule has 2 aromatic rings. The number of nitrogens with zero attached hydrogens (tertiary/aromatic N) is 1. The minimum Gasteiger partial charge on any atom is -0.460 e. The molecule has 4 aliphatic rings. The van der Waals surface area contributed by atoms with Gasteiger partial charge in [0.25, 0.3) is 19.1 Å². The number of fused-ring (bicyclic) bond motifs is 3. The summed E-state index contributed by atoms with van der Waals surface area (Å²) in [6, 6.07) is 17.2. The molecular formula is C63H88NO14P. The number of cyclic esters (lactones) is 1. The molecule has 3 aliphatic heterocycles. The standard InChI is InChI=1S/C63H88NO14P/c1-40-22-14-11-15-23-41(2)54(73-8)38-48-31-29-46(7)63(71,77-48)60(68)61(69)64-33-21-20-28-51(64)62(70)76-55(39-52(65)42(3)35-45(6)58(67)59(75-10)57(66)44(5)34-40)43(4)36-47-30-32-53(56(37-47)74-9)78-79(72,49-24-16-12-17-25-49)50-26-18-13-19-27-50/h11-19,22-27,35,40,42-44,46-48,51,53-56,58-59,67,71H,20-21,28-34,36-39H2,1-10H3/b15-11?,22-14+,41-23?,45-35+/t40-,42-,43-,44-,46-,47+,48?,51?,53-,54+,55+,56-,58-,59+,63-/m1/s1. The quantitative estimate of drug-likeness (QED) is 0.0987. The summed E-state index contributed by atoms with van der Waals surface area (Å²) in [4.78, 5) is 73.1. The van der Waals surface area contributed by atoms with E-state index in [1.165, 1.54) is 12.0 Å². The number of aliphatic hydroxyl groups excluding tert-OH is 1. The van der Waals surface area contributed by atoms with Crippen molar-refractivity contribution in [1.82, 2.24) is 4.90 Å². The highest BCUT2D eigenvalue weighted by Crippen LogP contribution is 2.49. The van der Waals surface area contributed by atoms with E-state index in [4.69, 9.17) is 28.2 Å². The molecule has 2 bridgehead atoms. The largest absolute Gasteiger partial charge is 0.460 e. The van der Waals surface area contributed by atoms with Crippen molar-refractivity contribution in [3.63, 3.8) is 0 Å². The molecule has 2 N–H and O–H groups in total. The number of esters is 1. The Morgan fingerprint density at radius 2 is 1.44 bits per heavy atom. The zero-order valence-electron chi connectivity index (χ0n) is 48.2. The number of carbonyl (C=O) groups excluding carboxylic acids is 5. The Kier molecular flexibility index (Phi) is 23.6. The molecule has 2 saturated heterocycles. The summed E-state index contributed by atoms with van der Waals surface area (Å²) in [5.74, 6) is -8.37. The van der Waals surface area contributed by atoms with E-state index in [1.54, 1.807) is 41.1 Å². The number of aliphatic hydroxyl groups is 2. The van der Waals surface area contributed by atoms with E-state index >= 15 is 0 Å². The van der Waals surface area contributed by atoms with Crippen LogP contribution in [-0.4, -0.2) is 127 Å². The van der Waals surface area contributed by atoms with Crippen LogP contribution in [0.15, 0.2) is 108 Å². The molecule has 1 aliphatic carbocycles. The third kappa shape index (κ3) is 16.1. The third-order valence-corrected chi connectivity index (χ3v) is 19.5. The maximum Gasteiger partial charge on any atom is 0.329 e. The minimum absolute atomic E-state index is 0.000329. The molecule has 6 rings (SSSR count). The topological polar surface area (TPSA) is 201 Å². The first-order chi connectivity index (χ1) is 37.6. The van der Waals surface area contributed by atoms with E-state index in [0.717, 1.165) is 5.57 Å². The van der Waals surface area contributed by atoms with Crippen LogP contribution in [0.1, 0.15) is 126 Å². The lowest BCUT2D eigenvalue weighted by Crippen LogP contribution is -2.61. The summed E-state index contributed by atoms with van der Waals surface area (Å²) < 4.78 is 51.9. The number of hydrogen-bond acceptors (Lipinski definition) is 14. The molecular weight excluding hydrogens is 1030 g/mol. The van der Waals surface area contributed by atoms with Crippen LogP contribution in [0.3, 0.4) is 0 Å². The summed E-state index contributed by atoms with van der Waals surface area (Å²) in [5, 5.41) is 24.8. The van der Waals surface area contributed by atoms with E-state index in [-0.39, 0.29) is 42.8 Å². The Morgan fingerprint density at radius 3 is 2.08 bits per heavy atom. The van der Waals surface area contributed by atoms with E-state index in [1.807, 2.05) is 119 Å². The van der Waals surface area contributed by atoms with Gasteiger partial charge in [0, 0.05) is 69.1 Å². The number of methoxy groups -OCH3 is 3. The molecule has 2 aromatic carbocycles. The molecule has 434 valence electrons. The molecule has 2 unspecified atom stereocenters. The first kappa shape index (κ1) is 63.5. The maximum atomic E-state index is 15.0. The van der Waals surface area contributed by atoms with Gasteiger partial charge in [-0.15, -0.1) is 0 Å². The Bertz CT molecular complexity index is 2500. The second kappa shape index (κ2) is 29.3. The fourth-order valence-corrected chi connectivity index (χ4v) is 14.2. The van der Waals surface area contributed by atoms with Gasteiger partial charge in [0.15, 0.2) is 5.78 Å².